The third kappa shape index (κ3) is 7.04. The van der Waals surface area contributed by atoms with Crippen LogP contribution >= 0.6 is 11.8 Å². The molecule has 0 aliphatic rings. The first-order chi connectivity index (χ1) is 10.0. The molecule has 3 N–H and O–H groups in total. The maximum Gasteiger partial charge on any atom is 0.326 e. The fourth-order valence-corrected chi connectivity index (χ4v) is 2.62. The highest BCUT2D eigenvalue weighted by molar-refractivity contribution is 7.99. The van der Waals surface area contributed by atoms with Gasteiger partial charge in [-0.05, 0) is 29.9 Å². The Bertz CT molecular complexity index is 461. The van der Waals surface area contributed by atoms with Crippen molar-refractivity contribution in [1.29, 1.82) is 0 Å². The zero-order valence-electron chi connectivity index (χ0n) is 12.0. The minimum atomic E-state index is -1.06. The lowest BCUT2D eigenvalue weighted by molar-refractivity contribution is -0.141. The van der Waals surface area contributed by atoms with E-state index in [-0.39, 0.29) is 23.8 Å². The first-order valence-corrected chi connectivity index (χ1v) is 8.06. The second-order valence-electron chi connectivity index (χ2n) is 4.74. The summed E-state index contributed by atoms with van der Waals surface area (Å²) in [6.45, 7) is 2.08. The van der Waals surface area contributed by atoms with Crippen LogP contribution in [0.15, 0.2) is 24.3 Å². The lowest BCUT2D eigenvalue weighted by atomic mass is 10.1. The minimum Gasteiger partial charge on any atom is -0.508 e. The van der Waals surface area contributed by atoms with Crippen LogP contribution in [0.25, 0.3) is 0 Å². The number of carbonyl (C=O) groups excluding carboxylic acids is 1. The quantitative estimate of drug-likeness (QED) is 0.608. The molecule has 1 atom stereocenters. The van der Waals surface area contributed by atoms with Crippen molar-refractivity contribution in [2.24, 2.45) is 0 Å². The van der Waals surface area contributed by atoms with E-state index in [1.807, 2.05) is 0 Å². The van der Waals surface area contributed by atoms with Crippen LogP contribution < -0.4 is 5.32 Å². The number of benzene rings is 1. The highest BCUT2D eigenvalue weighted by Gasteiger charge is 2.20. The van der Waals surface area contributed by atoms with Crippen LogP contribution in [0.5, 0.6) is 5.75 Å². The molecule has 1 rings (SSSR count). The van der Waals surface area contributed by atoms with E-state index >= 15 is 0 Å². The van der Waals surface area contributed by atoms with Crippen LogP contribution in [0.3, 0.4) is 0 Å². The maximum atomic E-state index is 11.7. The van der Waals surface area contributed by atoms with E-state index in [0.717, 1.165) is 24.2 Å². The molecule has 0 saturated carbocycles. The molecule has 0 fully saturated rings. The SMILES string of the molecule is CCCCSCC(=O)N[C@@H](Cc1ccc(O)cc1)C(=O)O. The van der Waals surface area contributed by atoms with E-state index in [0.29, 0.717) is 0 Å². The van der Waals surface area contributed by atoms with Gasteiger partial charge in [0.1, 0.15) is 11.8 Å². The molecule has 0 unspecified atom stereocenters. The maximum absolute atomic E-state index is 11.7. The number of thioether (sulfide) groups is 1. The van der Waals surface area contributed by atoms with Gasteiger partial charge >= 0.3 is 5.97 Å². The molecule has 5 nitrogen and oxygen atoms in total. The number of rotatable bonds is 9. The van der Waals surface area contributed by atoms with Gasteiger partial charge in [-0.3, -0.25) is 4.79 Å². The third-order valence-electron chi connectivity index (χ3n) is 2.88. The average Bonchev–Trinajstić information content (AvgIpc) is 2.45. The summed E-state index contributed by atoms with van der Waals surface area (Å²) in [5.41, 5.74) is 0.749. The Morgan fingerprint density at radius 2 is 1.95 bits per heavy atom. The highest BCUT2D eigenvalue weighted by Crippen LogP contribution is 2.11. The van der Waals surface area contributed by atoms with E-state index in [2.05, 4.69) is 12.2 Å². The average molecular weight is 311 g/mol. The zero-order chi connectivity index (χ0) is 15.7. The number of aliphatic carboxylic acids is 1. The fraction of sp³-hybridized carbons (Fsp3) is 0.467. The number of phenolic OH excluding ortho intramolecular Hbond substituents is 1. The van der Waals surface area contributed by atoms with E-state index in [1.54, 1.807) is 12.1 Å². The van der Waals surface area contributed by atoms with Crippen molar-refractivity contribution in [1.82, 2.24) is 5.32 Å². The lowest BCUT2D eigenvalue weighted by Crippen LogP contribution is -2.43. The van der Waals surface area contributed by atoms with Crippen molar-refractivity contribution in [3.05, 3.63) is 29.8 Å². The van der Waals surface area contributed by atoms with Crippen molar-refractivity contribution in [2.45, 2.75) is 32.2 Å². The Hall–Kier alpha value is -1.69. The van der Waals surface area contributed by atoms with Gasteiger partial charge in [-0.2, -0.15) is 11.8 Å². The van der Waals surface area contributed by atoms with E-state index in [1.165, 1.54) is 23.9 Å². The molecular formula is C15H21NO4S. The normalized spacial score (nSPS) is 11.9. The van der Waals surface area contributed by atoms with Crippen molar-refractivity contribution >= 4 is 23.6 Å². The minimum absolute atomic E-state index is 0.127. The van der Waals surface area contributed by atoms with E-state index < -0.39 is 12.0 Å². The molecule has 1 aromatic carbocycles. The number of aromatic hydroxyl groups is 1. The number of hydrogen-bond donors (Lipinski definition) is 3. The largest absolute Gasteiger partial charge is 0.508 e. The Balaban J connectivity index is 2.48. The molecule has 0 aliphatic carbocycles. The van der Waals surface area contributed by atoms with Gasteiger partial charge in [-0.15, -0.1) is 0 Å². The van der Waals surface area contributed by atoms with Gasteiger partial charge in [0.2, 0.25) is 5.91 Å². The number of carboxylic acid groups (broad SMARTS) is 1. The van der Waals surface area contributed by atoms with E-state index in [9.17, 15) is 19.8 Å². The summed E-state index contributed by atoms with van der Waals surface area (Å²) >= 11 is 1.51. The summed E-state index contributed by atoms with van der Waals surface area (Å²) in [6, 6.07) is 5.34. The Kier molecular flexibility index (Phi) is 7.68. The van der Waals surface area contributed by atoms with Crippen molar-refractivity contribution in [3.63, 3.8) is 0 Å². The highest BCUT2D eigenvalue weighted by atomic mass is 32.2. The molecule has 0 bridgehead atoms. The second kappa shape index (κ2) is 9.28. The summed E-state index contributed by atoms with van der Waals surface area (Å²) in [6.07, 6.45) is 2.32. The molecule has 0 heterocycles. The number of unbranched alkanes of at least 4 members (excludes halogenated alkanes) is 1. The number of amides is 1. The van der Waals surface area contributed by atoms with Crippen LogP contribution in [-0.4, -0.2) is 39.6 Å². The van der Waals surface area contributed by atoms with Gasteiger partial charge in [0.15, 0.2) is 0 Å². The molecule has 0 saturated heterocycles. The zero-order valence-corrected chi connectivity index (χ0v) is 12.9. The Labute approximate surface area is 128 Å². The standard InChI is InChI=1S/C15H21NO4S/c1-2-3-8-21-10-14(18)16-13(15(19)20)9-11-4-6-12(17)7-5-11/h4-7,13,17H,2-3,8-10H2,1H3,(H,16,18)(H,19,20)/t13-/m0/s1. The number of nitrogens with one attached hydrogen (secondary N) is 1. The third-order valence-corrected chi connectivity index (χ3v) is 3.93. The molecule has 6 heteroatoms. The predicted molar refractivity (Wildman–Crippen MR) is 83.6 cm³/mol. The number of carboxylic acids is 1. The molecule has 0 radical (unpaired) electrons. The topological polar surface area (TPSA) is 86.6 Å². The summed E-state index contributed by atoms with van der Waals surface area (Å²) in [4.78, 5) is 22.9. The van der Waals surface area contributed by atoms with Crippen LogP contribution in [0.2, 0.25) is 0 Å². The summed E-state index contributed by atoms with van der Waals surface area (Å²) in [5, 5.41) is 20.9. The Morgan fingerprint density at radius 3 is 2.52 bits per heavy atom. The smallest absolute Gasteiger partial charge is 0.326 e. The predicted octanol–water partition coefficient (Wildman–Crippen LogP) is 2.04. The molecule has 0 aliphatic heterocycles. The number of carbonyl (C=O) groups is 2. The Morgan fingerprint density at radius 1 is 1.29 bits per heavy atom. The molecule has 0 spiro atoms. The van der Waals surface area contributed by atoms with Crippen LogP contribution in [-0.2, 0) is 16.0 Å². The van der Waals surface area contributed by atoms with Gasteiger partial charge in [0.05, 0.1) is 5.75 Å². The van der Waals surface area contributed by atoms with Gasteiger partial charge in [0.25, 0.3) is 0 Å². The summed E-state index contributed by atoms with van der Waals surface area (Å²) < 4.78 is 0. The van der Waals surface area contributed by atoms with Gasteiger partial charge in [0, 0.05) is 6.42 Å². The monoisotopic (exact) mass is 311 g/mol. The molecule has 116 valence electrons. The molecule has 21 heavy (non-hydrogen) atoms. The van der Waals surface area contributed by atoms with Crippen molar-refractivity contribution in [2.75, 3.05) is 11.5 Å². The van der Waals surface area contributed by atoms with E-state index in [4.69, 9.17) is 0 Å². The summed E-state index contributed by atoms with van der Waals surface area (Å²) in [7, 11) is 0. The molecule has 1 amide bonds. The van der Waals surface area contributed by atoms with Crippen LogP contribution in [0.1, 0.15) is 25.3 Å². The molecular weight excluding hydrogens is 290 g/mol. The van der Waals surface area contributed by atoms with Gasteiger partial charge in [-0.1, -0.05) is 25.5 Å². The summed E-state index contributed by atoms with van der Waals surface area (Å²) in [5.74, 6) is -0.0156. The van der Waals surface area contributed by atoms with Crippen molar-refractivity contribution < 1.29 is 19.8 Å². The fourth-order valence-electron chi connectivity index (χ4n) is 1.72. The van der Waals surface area contributed by atoms with Gasteiger partial charge < -0.3 is 15.5 Å². The van der Waals surface area contributed by atoms with Crippen LogP contribution in [0, 0.1) is 0 Å². The number of phenols is 1. The first-order valence-electron chi connectivity index (χ1n) is 6.90. The second-order valence-corrected chi connectivity index (χ2v) is 5.84. The van der Waals surface area contributed by atoms with Crippen molar-refractivity contribution in [3.8, 4) is 5.75 Å². The van der Waals surface area contributed by atoms with Gasteiger partial charge in [-0.25, -0.2) is 4.79 Å². The number of hydrogen-bond acceptors (Lipinski definition) is 4. The van der Waals surface area contributed by atoms with Crippen LogP contribution in [0.4, 0.5) is 0 Å². The molecule has 0 aromatic heterocycles. The molecule has 1 aromatic rings. The first kappa shape index (κ1) is 17.4. The lowest BCUT2D eigenvalue weighted by Gasteiger charge is -2.14.